The third-order valence-corrected chi connectivity index (χ3v) is 2.62. The first-order valence-corrected chi connectivity index (χ1v) is 4.62. The quantitative estimate of drug-likeness (QED) is 0.663. The molecule has 0 radical (unpaired) electrons. The van der Waals surface area contributed by atoms with Crippen molar-refractivity contribution in [1.82, 2.24) is 15.0 Å². The largest absolute Gasteiger partial charge is 0.296 e. The van der Waals surface area contributed by atoms with Gasteiger partial charge in [-0.25, -0.2) is 4.68 Å². The van der Waals surface area contributed by atoms with Gasteiger partial charge in [0.25, 0.3) is 0 Å². The van der Waals surface area contributed by atoms with Crippen molar-refractivity contribution in [1.29, 1.82) is 5.26 Å². The minimum absolute atomic E-state index is 0.173. The second-order valence-electron chi connectivity index (χ2n) is 3.42. The fourth-order valence-electron chi connectivity index (χ4n) is 1.70. The van der Waals surface area contributed by atoms with Gasteiger partial charge >= 0.3 is 0 Å². The summed E-state index contributed by atoms with van der Waals surface area (Å²) >= 11 is 0. The Hall–Kier alpha value is -1.70. The second-order valence-corrected chi connectivity index (χ2v) is 3.42. The van der Waals surface area contributed by atoms with E-state index in [0.717, 1.165) is 18.5 Å². The lowest BCUT2D eigenvalue weighted by Crippen LogP contribution is -2.16. The summed E-state index contributed by atoms with van der Waals surface area (Å²) in [6, 6.07) is 2.01. The number of nitriles is 1. The molecule has 5 heteroatoms. The molecule has 0 unspecified atom stereocenters. The van der Waals surface area contributed by atoms with Crippen LogP contribution in [0.5, 0.6) is 0 Å². The summed E-state index contributed by atoms with van der Waals surface area (Å²) < 4.78 is 1.54. The van der Waals surface area contributed by atoms with Gasteiger partial charge in [-0.2, -0.15) is 5.26 Å². The summed E-state index contributed by atoms with van der Waals surface area (Å²) in [7, 11) is 0. The van der Waals surface area contributed by atoms with Gasteiger partial charge in [0.2, 0.25) is 0 Å². The van der Waals surface area contributed by atoms with Crippen LogP contribution in [0.3, 0.4) is 0 Å². The van der Waals surface area contributed by atoms with E-state index in [1.807, 2.05) is 6.07 Å². The van der Waals surface area contributed by atoms with E-state index in [9.17, 15) is 4.79 Å². The van der Waals surface area contributed by atoms with Crippen molar-refractivity contribution in [2.75, 3.05) is 0 Å². The van der Waals surface area contributed by atoms with E-state index in [1.54, 1.807) is 0 Å². The summed E-state index contributed by atoms with van der Waals surface area (Å²) in [4.78, 5) is 10.7. The van der Waals surface area contributed by atoms with Crippen molar-refractivity contribution in [2.24, 2.45) is 0 Å². The first kappa shape index (κ1) is 8.88. The first-order chi connectivity index (χ1) is 6.86. The molecule has 1 fully saturated rings. The highest BCUT2D eigenvalue weighted by molar-refractivity contribution is 5.73. The molecule has 1 aromatic heterocycles. The van der Waals surface area contributed by atoms with Crippen LogP contribution < -0.4 is 0 Å². The predicted octanol–water partition coefficient (Wildman–Crippen LogP) is 0.882. The van der Waals surface area contributed by atoms with E-state index >= 15 is 0 Å². The highest BCUT2D eigenvalue weighted by atomic mass is 16.1. The zero-order valence-electron chi connectivity index (χ0n) is 7.68. The SMILES string of the molecule is N#CCn1nnc(C=O)c1C1CCC1. The van der Waals surface area contributed by atoms with Crippen LogP contribution in [0.25, 0.3) is 0 Å². The molecule has 0 bridgehead atoms. The number of nitrogens with zero attached hydrogens (tertiary/aromatic N) is 4. The summed E-state index contributed by atoms with van der Waals surface area (Å²) in [5, 5.41) is 16.1. The van der Waals surface area contributed by atoms with Gasteiger partial charge in [-0.3, -0.25) is 4.79 Å². The topological polar surface area (TPSA) is 71.6 Å². The highest BCUT2D eigenvalue weighted by Crippen LogP contribution is 2.36. The molecule has 0 aromatic carbocycles. The Morgan fingerprint density at radius 3 is 2.93 bits per heavy atom. The molecule has 0 aliphatic heterocycles. The van der Waals surface area contributed by atoms with Crippen molar-refractivity contribution in [3.8, 4) is 6.07 Å². The zero-order chi connectivity index (χ0) is 9.97. The van der Waals surface area contributed by atoms with Crippen molar-refractivity contribution < 1.29 is 4.79 Å². The number of rotatable bonds is 3. The van der Waals surface area contributed by atoms with Gasteiger partial charge in [-0.15, -0.1) is 5.10 Å². The summed E-state index contributed by atoms with van der Waals surface area (Å²) in [6.07, 6.45) is 4.04. The van der Waals surface area contributed by atoms with E-state index < -0.39 is 0 Å². The summed E-state index contributed by atoms with van der Waals surface area (Å²) in [6.45, 7) is 0.173. The van der Waals surface area contributed by atoms with Crippen molar-refractivity contribution in [2.45, 2.75) is 31.7 Å². The van der Waals surface area contributed by atoms with Crippen LogP contribution in [0.2, 0.25) is 0 Å². The molecule has 0 N–H and O–H groups in total. The van der Waals surface area contributed by atoms with Crippen LogP contribution in [0.4, 0.5) is 0 Å². The summed E-state index contributed by atoms with van der Waals surface area (Å²) in [5.41, 5.74) is 1.23. The Kier molecular flexibility index (Phi) is 2.27. The van der Waals surface area contributed by atoms with E-state index in [1.165, 1.54) is 11.1 Å². The maximum atomic E-state index is 10.7. The standard InChI is InChI=1S/C9H10N4O/c10-4-5-13-9(7-2-1-3-7)8(6-14)11-12-13/h6-7H,1-3,5H2. The molecule has 0 saturated heterocycles. The fourth-order valence-corrected chi connectivity index (χ4v) is 1.70. The monoisotopic (exact) mass is 190 g/mol. The smallest absolute Gasteiger partial charge is 0.172 e. The molecule has 1 aliphatic rings. The predicted molar refractivity (Wildman–Crippen MR) is 47.6 cm³/mol. The minimum atomic E-state index is 0.173. The normalized spacial score (nSPS) is 15.9. The van der Waals surface area contributed by atoms with Gasteiger partial charge in [0.15, 0.2) is 6.29 Å². The van der Waals surface area contributed by atoms with Crippen LogP contribution in [0.1, 0.15) is 41.4 Å². The van der Waals surface area contributed by atoms with E-state index in [0.29, 0.717) is 17.9 Å². The Morgan fingerprint density at radius 1 is 1.64 bits per heavy atom. The lowest BCUT2D eigenvalue weighted by Gasteiger charge is -2.25. The molecule has 5 nitrogen and oxygen atoms in total. The first-order valence-electron chi connectivity index (χ1n) is 4.62. The maximum absolute atomic E-state index is 10.7. The van der Waals surface area contributed by atoms with Crippen molar-refractivity contribution in [3.63, 3.8) is 0 Å². The van der Waals surface area contributed by atoms with Gasteiger partial charge in [0, 0.05) is 5.92 Å². The molecule has 14 heavy (non-hydrogen) atoms. The number of hydrogen-bond acceptors (Lipinski definition) is 4. The lowest BCUT2D eigenvalue weighted by atomic mass is 9.82. The number of aromatic nitrogens is 3. The highest BCUT2D eigenvalue weighted by Gasteiger charge is 2.27. The van der Waals surface area contributed by atoms with Crippen molar-refractivity contribution >= 4 is 6.29 Å². The number of carbonyl (C=O) groups is 1. The van der Waals surface area contributed by atoms with E-state index in [-0.39, 0.29) is 6.54 Å². The van der Waals surface area contributed by atoms with E-state index in [2.05, 4.69) is 10.3 Å². The molecule has 1 heterocycles. The zero-order valence-corrected chi connectivity index (χ0v) is 7.68. The third kappa shape index (κ3) is 1.29. The van der Waals surface area contributed by atoms with Gasteiger partial charge in [-0.05, 0) is 12.8 Å². The Balaban J connectivity index is 2.35. The number of carbonyl (C=O) groups excluding carboxylic acids is 1. The second kappa shape index (κ2) is 3.58. The van der Waals surface area contributed by atoms with Crippen LogP contribution >= 0.6 is 0 Å². The van der Waals surface area contributed by atoms with Gasteiger partial charge in [0.1, 0.15) is 12.2 Å². The van der Waals surface area contributed by atoms with Crippen LogP contribution in [0, 0.1) is 11.3 Å². The van der Waals surface area contributed by atoms with Gasteiger partial charge in [-0.1, -0.05) is 11.6 Å². The molecular weight excluding hydrogens is 180 g/mol. The molecule has 72 valence electrons. The van der Waals surface area contributed by atoms with E-state index in [4.69, 9.17) is 5.26 Å². The average Bonchev–Trinajstić information content (AvgIpc) is 2.47. The molecule has 0 spiro atoms. The van der Waals surface area contributed by atoms with Gasteiger partial charge in [0.05, 0.1) is 11.8 Å². The molecule has 1 saturated carbocycles. The van der Waals surface area contributed by atoms with Crippen LogP contribution in [0.15, 0.2) is 0 Å². The Bertz CT molecular complexity index is 386. The minimum Gasteiger partial charge on any atom is -0.296 e. The molecule has 1 aromatic rings. The molecule has 0 atom stereocenters. The molecular formula is C9H10N4O. The number of aldehydes is 1. The fraction of sp³-hybridized carbons (Fsp3) is 0.556. The van der Waals surface area contributed by atoms with Crippen molar-refractivity contribution in [3.05, 3.63) is 11.4 Å². The maximum Gasteiger partial charge on any atom is 0.172 e. The Morgan fingerprint density at radius 2 is 2.43 bits per heavy atom. The third-order valence-electron chi connectivity index (χ3n) is 2.62. The van der Waals surface area contributed by atoms with Gasteiger partial charge < -0.3 is 0 Å². The molecule has 2 rings (SSSR count). The Labute approximate surface area is 81.3 Å². The molecule has 1 aliphatic carbocycles. The summed E-state index contributed by atoms with van der Waals surface area (Å²) in [5.74, 6) is 0.374. The molecule has 0 amide bonds. The number of hydrogen-bond donors (Lipinski definition) is 0. The van der Waals surface area contributed by atoms with Crippen LogP contribution in [-0.2, 0) is 6.54 Å². The van der Waals surface area contributed by atoms with Crippen LogP contribution in [-0.4, -0.2) is 21.3 Å². The lowest BCUT2D eigenvalue weighted by molar-refractivity contribution is 0.111. The average molecular weight is 190 g/mol.